The van der Waals surface area contributed by atoms with Crippen molar-refractivity contribution in [2.24, 2.45) is 0 Å². The molecule has 2 heteroatoms. The molecule has 0 aromatic rings. The lowest BCUT2D eigenvalue weighted by Gasteiger charge is -2.07. The van der Waals surface area contributed by atoms with Gasteiger partial charge in [0.1, 0.15) is 0 Å². The molecule has 0 bridgehead atoms. The fourth-order valence-corrected chi connectivity index (χ4v) is 0.463. The molecular formula is C7H14N2. The molecule has 0 unspecified atom stereocenters. The first-order valence-corrected chi connectivity index (χ1v) is 3.06. The summed E-state index contributed by atoms with van der Waals surface area (Å²) in [4.78, 5) is 2.11. The zero-order valence-corrected chi connectivity index (χ0v) is 6.15. The van der Waals surface area contributed by atoms with Gasteiger partial charge in [0.05, 0.1) is 6.54 Å². The molecule has 0 saturated heterocycles. The lowest BCUT2D eigenvalue weighted by molar-refractivity contribution is 0.405. The third-order valence-electron chi connectivity index (χ3n) is 0.963. The molecule has 52 valence electrons. The van der Waals surface area contributed by atoms with E-state index in [1.165, 1.54) is 0 Å². The molecule has 9 heavy (non-hydrogen) atoms. The van der Waals surface area contributed by atoms with Crippen molar-refractivity contribution in [3.63, 3.8) is 0 Å². The monoisotopic (exact) mass is 126 g/mol. The maximum absolute atomic E-state index is 5.02. The fraction of sp³-hybridized carbons (Fsp3) is 0.714. The molecule has 0 saturated carbocycles. The van der Waals surface area contributed by atoms with E-state index in [-0.39, 0.29) is 0 Å². The van der Waals surface area contributed by atoms with Gasteiger partial charge in [-0.05, 0) is 14.1 Å². The molecule has 1 N–H and O–H groups in total. The zero-order chi connectivity index (χ0) is 7.11. The second-order valence-corrected chi connectivity index (χ2v) is 2.18. The Kier molecular flexibility index (Phi) is 5.29. The van der Waals surface area contributed by atoms with Crippen LogP contribution in [-0.4, -0.2) is 38.6 Å². The summed E-state index contributed by atoms with van der Waals surface area (Å²) in [6.45, 7) is 2.69. The van der Waals surface area contributed by atoms with Gasteiger partial charge in [-0.3, -0.25) is 0 Å². The van der Waals surface area contributed by atoms with Crippen LogP contribution >= 0.6 is 0 Å². The van der Waals surface area contributed by atoms with Crippen molar-refractivity contribution in [2.75, 3.05) is 33.7 Å². The fourth-order valence-electron chi connectivity index (χ4n) is 0.463. The van der Waals surface area contributed by atoms with E-state index in [1.807, 2.05) is 14.1 Å². The van der Waals surface area contributed by atoms with Gasteiger partial charge in [-0.15, -0.1) is 6.42 Å². The predicted molar refractivity (Wildman–Crippen MR) is 40.3 cm³/mol. The van der Waals surface area contributed by atoms with Crippen LogP contribution in [0.2, 0.25) is 0 Å². The topological polar surface area (TPSA) is 15.3 Å². The van der Waals surface area contributed by atoms with E-state index in [9.17, 15) is 0 Å². The minimum absolute atomic E-state index is 0.674. The first-order chi connectivity index (χ1) is 4.27. The Balaban J connectivity index is 2.85. The van der Waals surface area contributed by atoms with Gasteiger partial charge in [0.25, 0.3) is 0 Å². The van der Waals surface area contributed by atoms with Crippen LogP contribution in [0, 0.1) is 12.3 Å². The summed E-state index contributed by atoms with van der Waals surface area (Å²) < 4.78 is 0. The van der Waals surface area contributed by atoms with Crippen LogP contribution in [0.5, 0.6) is 0 Å². The third kappa shape index (κ3) is 7.48. The predicted octanol–water partition coefficient (Wildman–Crippen LogP) is -0.229. The summed E-state index contributed by atoms with van der Waals surface area (Å²) in [6, 6.07) is 0. The van der Waals surface area contributed by atoms with Gasteiger partial charge in [-0.2, -0.15) is 0 Å². The van der Waals surface area contributed by atoms with Crippen LogP contribution in [0.3, 0.4) is 0 Å². The van der Waals surface area contributed by atoms with Gasteiger partial charge >= 0.3 is 0 Å². The summed E-state index contributed by atoms with van der Waals surface area (Å²) in [5, 5.41) is 3.09. The van der Waals surface area contributed by atoms with Gasteiger partial charge in [0, 0.05) is 13.1 Å². The van der Waals surface area contributed by atoms with Crippen molar-refractivity contribution in [2.45, 2.75) is 0 Å². The smallest absolute Gasteiger partial charge is 0.0574 e. The van der Waals surface area contributed by atoms with Crippen LogP contribution in [0.25, 0.3) is 0 Å². The van der Waals surface area contributed by atoms with Crippen molar-refractivity contribution >= 4 is 0 Å². The summed E-state index contributed by atoms with van der Waals surface area (Å²) in [5.74, 6) is 2.51. The van der Waals surface area contributed by atoms with E-state index in [1.54, 1.807) is 0 Å². The molecule has 2 nitrogen and oxygen atoms in total. The highest BCUT2D eigenvalue weighted by Gasteiger charge is 1.85. The number of nitrogens with one attached hydrogen (secondary N) is 1. The van der Waals surface area contributed by atoms with E-state index in [4.69, 9.17) is 6.42 Å². The lowest BCUT2D eigenvalue weighted by Crippen LogP contribution is -2.26. The Bertz CT molecular complexity index is 91.6. The molecule has 0 spiro atoms. The number of nitrogens with zero attached hydrogens (tertiary/aromatic N) is 1. The van der Waals surface area contributed by atoms with Crippen LogP contribution in [0.1, 0.15) is 0 Å². The molecule has 0 aliphatic rings. The zero-order valence-electron chi connectivity index (χ0n) is 6.15. The second kappa shape index (κ2) is 5.61. The van der Waals surface area contributed by atoms with E-state index >= 15 is 0 Å². The third-order valence-corrected chi connectivity index (χ3v) is 0.963. The Hall–Kier alpha value is -0.520. The quantitative estimate of drug-likeness (QED) is 0.413. The summed E-state index contributed by atoms with van der Waals surface area (Å²) in [5.41, 5.74) is 0. The molecule has 0 radical (unpaired) electrons. The van der Waals surface area contributed by atoms with Gasteiger partial charge in [-0.1, -0.05) is 5.92 Å². The standard InChI is InChI=1S/C7H14N2/c1-4-5-8-6-7-9(2)3/h1,8H,5-7H2,2-3H3. The minimum Gasteiger partial charge on any atom is -0.308 e. The SMILES string of the molecule is C#CCNCCN(C)C. The van der Waals surface area contributed by atoms with Gasteiger partial charge in [-0.25, -0.2) is 0 Å². The van der Waals surface area contributed by atoms with E-state index in [0.717, 1.165) is 13.1 Å². The first kappa shape index (κ1) is 8.48. The molecule has 0 rings (SSSR count). The Morgan fingerprint density at radius 1 is 1.56 bits per heavy atom. The Labute approximate surface area is 57.2 Å². The van der Waals surface area contributed by atoms with Crippen molar-refractivity contribution < 1.29 is 0 Å². The highest BCUT2D eigenvalue weighted by atomic mass is 15.1. The number of likely N-dealkylation sites (N-methyl/N-ethyl adjacent to an activating group) is 1. The number of hydrogen-bond acceptors (Lipinski definition) is 2. The Morgan fingerprint density at radius 2 is 2.22 bits per heavy atom. The largest absolute Gasteiger partial charge is 0.308 e. The molecule has 0 amide bonds. The van der Waals surface area contributed by atoms with Crippen LogP contribution < -0.4 is 5.32 Å². The number of hydrogen-bond donors (Lipinski definition) is 1. The van der Waals surface area contributed by atoms with Crippen LogP contribution in [0.4, 0.5) is 0 Å². The van der Waals surface area contributed by atoms with Crippen molar-refractivity contribution in [3.05, 3.63) is 0 Å². The van der Waals surface area contributed by atoms with Crippen molar-refractivity contribution in [1.82, 2.24) is 10.2 Å². The highest BCUT2D eigenvalue weighted by Crippen LogP contribution is 1.68. The molecule has 0 aliphatic heterocycles. The van der Waals surface area contributed by atoms with E-state index in [2.05, 4.69) is 16.1 Å². The molecule has 0 heterocycles. The Morgan fingerprint density at radius 3 is 2.67 bits per heavy atom. The minimum atomic E-state index is 0.674. The first-order valence-electron chi connectivity index (χ1n) is 3.06. The van der Waals surface area contributed by atoms with Crippen LogP contribution in [-0.2, 0) is 0 Å². The molecule has 0 aliphatic carbocycles. The van der Waals surface area contributed by atoms with Crippen LogP contribution in [0.15, 0.2) is 0 Å². The number of rotatable bonds is 4. The molecular weight excluding hydrogens is 112 g/mol. The normalized spacial score (nSPS) is 9.56. The maximum atomic E-state index is 5.02. The average Bonchev–Trinajstić information content (AvgIpc) is 1.80. The summed E-state index contributed by atoms with van der Waals surface area (Å²) in [7, 11) is 4.08. The van der Waals surface area contributed by atoms with E-state index in [0.29, 0.717) is 6.54 Å². The highest BCUT2D eigenvalue weighted by molar-refractivity contribution is 4.86. The maximum Gasteiger partial charge on any atom is 0.0574 e. The molecule has 0 fully saturated rings. The molecule has 0 aromatic heterocycles. The summed E-state index contributed by atoms with van der Waals surface area (Å²) >= 11 is 0. The van der Waals surface area contributed by atoms with E-state index < -0.39 is 0 Å². The van der Waals surface area contributed by atoms with Gasteiger partial charge in [0.2, 0.25) is 0 Å². The number of terminal acetylenes is 1. The van der Waals surface area contributed by atoms with Crippen molar-refractivity contribution in [3.8, 4) is 12.3 Å². The summed E-state index contributed by atoms with van der Waals surface area (Å²) in [6.07, 6.45) is 5.02. The molecule has 0 aromatic carbocycles. The molecule has 0 atom stereocenters. The second-order valence-electron chi connectivity index (χ2n) is 2.18. The average molecular weight is 126 g/mol. The van der Waals surface area contributed by atoms with Crippen molar-refractivity contribution in [1.29, 1.82) is 0 Å². The van der Waals surface area contributed by atoms with Gasteiger partial charge in [0.15, 0.2) is 0 Å². The van der Waals surface area contributed by atoms with Gasteiger partial charge < -0.3 is 10.2 Å². The lowest BCUT2D eigenvalue weighted by atomic mass is 10.5.